The molecule has 0 aliphatic carbocycles. The Morgan fingerprint density at radius 2 is 1.91 bits per heavy atom. The van der Waals surface area contributed by atoms with Gasteiger partial charge in [-0.1, -0.05) is 12.1 Å². The van der Waals surface area contributed by atoms with Crippen molar-refractivity contribution >= 4 is 33.9 Å². The highest BCUT2D eigenvalue weighted by Gasteiger charge is 2.23. The predicted octanol–water partition coefficient (Wildman–Crippen LogP) is 5.32. The van der Waals surface area contributed by atoms with Crippen molar-refractivity contribution in [2.75, 3.05) is 18.0 Å². The van der Waals surface area contributed by atoms with Gasteiger partial charge >= 0.3 is 6.55 Å². The summed E-state index contributed by atoms with van der Waals surface area (Å²) in [5.74, 6) is 1.01. The van der Waals surface area contributed by atoms with Crippen LogP contribution in [0.25, 0.3) is 32.9 Å². The Kier molecular flexibility index (Phi) is 5.47. The molecule has 0 saturated carbocycles. The fraction of sp³-hybridized carbons (Fsp3) is 0.280. The Hall–Kier alpha value is -3.86. The fourth-order valence-electron chi connectivity index (χ4n) is 4.75. The van der Waals surface area contributed by atoms with E-state index in [0.29, 0.717) is 56.7 Å². The normalized spacial score (nSPS) is 14.8. The van der Waals surface area contributed by atoms with Crippen molar-refractivity contribution in [2.45, 2.75) is 25.8 Å². The summed E-state index contributed by atoms with van der Waals surface area (Å²) in [6, 6.07) is 11.0. The number of halogens is 2. The molecule has 0 spiro atoms. The summed E-state index contributed by atoms with van der Waals surface area (Å²) >= 11 is 0. The first kappa shape index (κ1) is 21.0. The van der Waals surface area contributed by atoms with Gasteiger partial charge in [-0.25, -0.2) is 4.98 Å². The summed E-state index contributed by atoms with van der Waals surface area (Å²) < 4.78 is 28.8. The molecule has 8 heteroatoms. The molecule has 1 fully saturated rings. The van der Waals surface area contributed by atoms with Gasteiger partial charge < -0.3 is 9.69 Å². The van der Waals surface area contributed by atoms with Crippen LogP contribution in [0, 0.1) is 17.2 Å². The number of fused-ring (bicyclic) bond motifs is 3. The minimum atomic E-state index is -2.69. The van der Waals surface area contributed by atoms with Gasteiger partial charge in [0, 0.05) is 54.4 Å². The van der Waals surface area contributed by atoms with E-state index in [-0.39, 0.29) is 0 Å². The van der Waals surface area contributed by atoms with E-state index < -0.39 is 6.55 Å². The third kappa shape index (κ3) is 3.69. The van der Waals surface area contributed by atoms with E-state index >= 15 is 0 Å². The van der Waals surface area contributed by atoms with Gasteiger partial charge in [0.2, 0.25) is 0 Å². The standard InChI is InChI=1S/C25H21F2N5O/c26-25(27)32-22-3-7-29-15-21(22)20-2-1-17(12-23(20)32)19-11-18(13-28)24(30-14-19)31-8-4-16(5-9-31)6-10-33/h1-3,7,10-12,14-16,25H,4-6,8-9H2. The molecule has 1 aliphatic rings. The molecule has 3 aromatic heterocycles. The van der Waals surface area contributed by atoms with Crippen molar-refractivity contribution < 1.29 is 13.6 Å². The number of piperidine rings is 1. The summed E-state index contributed by atoms with van der Waals surface area (Å²) in [4.78, 5) is 21.5. The van der Waals surface area contributed by atoms with Crippen LogP contribution >= 0.6 is 0 Å². The Morgan fingerprint density at radius 3 is 2.64 bits per heavy atom. The molecule has 0 amide bonds. The minimum absolute atomic E-state index is 0.382. The highest BCUT2D eigenvalue weighted by molar-refractivity contribution is 6.08. The average molecular weight is 445 g/mol. The van der Waals surface area contributed by atoms with Crippen LogP contribution in [0.15, 0.2) is 48.9 Å². The quantitative estimate of drug-likeness (QED) is 0.389. The van der Waals surface area contributed by atoms with E-state index in [4.69, 9.17) is 0 Å². The number of benzene rings is 1. The SMILES string of the molecule is N#Cc1cc(-c2ccc3c4cnccc4n(C(F)F)c3c2)cnc1N1CCC(CC=O)CC1. The number of aldehydes is 1. The number of alkyl halides is 2. The van der Waals surface area contributed by atoms with Gasteiger partial charge in [0.15, 0.2) is 0 Å². The molecule has 5 rings (SSSR count). The molecule has 0 atom stereocenters. The lowest BCUT2D eigenvalue weighted by molar-refractivity contribution is -0.108. The van der Waals surface area contributed by atoms with Crippen LogP contribution in [0.2, 0.25) is 0 Å². The maximum absolute atomic E-state index is 13.9. The molecule has 1 aromatic carbocycles. The van der Waals surface area contributed by atoms with Crippen LogP contribution in [0.4, 0.5) is 14.6 Å². The number of rotatable bonds is 5. The van der Waals surface area contributed by atoms with Crippen molar-refractivity contribution in [3.05, 3.63) is 54.5 Å². The second-order valence-electron chi connectivity index (χ2n) is 8.31. The van der Waals surface area contributed by atoms with Gasteiger partial charge in [-0.05, 0) is 42.5 Å². The number of aromatic nitrogens is 3. The molecule has 0 unspecified atom stereocenters. The number of nitriles is 1. The minimum Gasteiger partial charge on any atom is -0.356 e. The second-order valence-corrected chi connectivity index (χ2v) is 8.31. The Balaban J connectivity index is 1.53. The molecule has 33 heavy (non-hydrogen) atoms. The largest absolute Gasteiger partial charge is 0.356 e. The number of carbonyl (C=O) groups is 1. The van der Waals surface area contributed by atoms with Gasteiger partial charge in [-0.2, -0.15) is 14.0 Å². The molecular formula is C25H21F2N5O. The average Bonchev–Trinajstić information content (AvgIpc) is 3.18. The van der Waals surface area contributed by atoms with Crippen molar-refractivity contribution in [2.24, 2.45) is 5.92 Å². The van der Waals surface area contributed by atoms with Crippen molar-refractivity contribution in [3.63, 3.8) is 0 Å². The summed E-state index contributed by atoms with van der Waals surface area (Å²) in [6.07, 6.45) is 8.09. The molecule has 0 N–H and O–H groups in total. The van der Waals surface area contributed by atoms with E-state index in [1.54, 1.807) is 30.6 Å². The predicted molar refractivity (Wildman–Crippen MR) is 122 cm³/mol. The Bertz CT molecular complexity index is 1380. The third-order valence-corrected chi connectivity index (χ3v) is 6.46. The summed E-state index contributed by atoms with van der Waals surface area (Å²) in [7, 11) is 0. The zero-order chi connectivity index (χ0) is 22.9. The van der Waals surface area contributed by atoms with Crippen LogP contribution in [0.1, 0.15) is 31.4 Å². The zero-order valence-corrected chi connectivity index (χ0v) is 17.8. The van der Waals surface area contributed by atoms with Crippen molar-refractivity contribution in [3.8, 4) is 17.2 Å². The van der Waals surface area contributed by atoms with Gasteiger partial charge in [-0.15, -0.1) is 0 Å². The lowest BCUT2D eigenvalue weighted by atomic mass is 9.94. The molecule has 4 aromatic rings. The van der Waals surface area contributed by atoms with Gasteiger partial charge in [0.1, 0.15) is 18.2 Å². The third-order valence-electron chi connectivity index (χ3n) is 6.46. The van der Waals surface area contributed by atoms with E-state index in [9.17, 15) is 18.8 Å². The number of hydrogen-bond acceptors (Lipinski definition) is 5. The molecule has 4 heterocycles. The van der Waals surface area contributed by atoms with E-state index in [2.05, 4.69) is 20.9 Å². The smallest absolute Gasteiger partial charge is 0.319 e. The van der Waals surface area contributed by atoms with Gasteiger partial charge in [0.05, 0.1) is 16.6 Å². The van der Waals surface area contributed by atoms with Crippen molar-refractivity contribution in [1.29, 1.82) is 5.26 Å². The topological polar surface area (TPSA) is 74.8 Å². The second kappa shape index (κ2) is 8.58. The van der Waals surface area contributed by atoms with Crippen LogP contribution in [-0.2, 0) is 4.79 Å². The van der Waals surface area contributed by atoms with Crippen LogP contribution in [-0.4, -0.2) is 33.9 Å². The number of hydrogen-bond donors (Lipinski definition) is 0. The van der Waals surface area contributed by atoms with Gasteiger partial charge in [0.25, 0.3) is 0 Å². The summed E-state index contributed by atoms with van der Waals surface area (Å²) in [5, 5.41) is 11.1. The molecule has 1 saturated heterocycles. The highest BCUT2D eigenvalue weighted by Crippen LogP contribution is 2.36. The number of pyridine rings is 2. The first-order chi connectivity index (χ1) is 16.1. The monoisotopic (exact) mass is 445 g/mol. The number of anilines is 1. The Morgan fingerprint density at radius 1 is 1.09 bits per heavy atom. The lowest BCUT2D eigenvalue weighted by Crippen LogP contribution is -2.34. The molecule has 1 aliphatic heterocycles. The number of carbonyl (C=O) groups excluding carboxylic acids is 1. The van der Waals surface area contributed by atoms with E-state index in [0.717, 1.165) is 36.8 Å². The van der Waals surface area contributed by atoms with Crippen molar-refractivity contribution in [1.82, 2.24) is 14.5 Å². The molecule has 0 radical (unpaired) electrons. The highest BCUT2D eigenvalue weighted by atomic mass is 19.3. The van der Waals surface area contributed by atoms with Gasteiger partial charge in [-0.3, -0.25) is 9.55 Å². The Labute approximate surface area is 189 Å². The molecule has 0 bridgehead atoms. The number of nitrogens with zero attached hydrogens (tertiary/aromatic N) is 5. The maximum Gasteiger partial charge on any atom is 0.319 e. The molecule has 6 nitrogen and oxygen atoms in total. The first-order valence-corrected chi connectivity index (χ1v) is 10.9. The fourth-order valence-corrected chi connectivity index (χ4v) is 4.75. The lowest BCUT2D eigenvalue weighted by Gasteiger charge is -2.32. The van der Waals surface area contributed by atoms with Crippen LogP contribution in [0.5, 0.6) is 0 Å². The van der Waals surface area contributed by atoms with Crippen LogP contribution < -0.4 is 4.90 Å². The van der Waals surface area contributed by atoms with E-state index in [1.165, 1.54) is 6.20 Å². The first-order valence-electron chi connectivity index (χ1n) is 10.9. The summed E-state index contributed by atoms with van der Waals surface area (Å²) in [6.45, 7) is -1.21. The molecular weight excluding hydrogens is 424 g/mol. The summed E-state index contributed by atoms with van der Waals surface area (Å²) in [5.41, 5.74) is 2.68. The van der Waals surface area contributed by atoms with Crippen LogP contribution in [0.3, 0.4) is 0 Å². The zero-order valence-electron chi connectivity index (χ0n) is 17.8. The molecule has 166 valence electrons. The maximum atomic E-state index is 13.9. The van der Waals surface area contributed by atoms with E-state index in [1.807, 2.05) is 12.1 Å².